The van der Waals surface area contributed by atoms with Crippen molar-refractivity contribution < 1.29 is 9.59 Å². The van der Waals surface area contributed by atoms with Gasteiger partial charge in [-0.2, -0.15) is 5.26 Å². The van der Waals surface area contributed by atoms with E-state index in [-0.39, 0.29) is 23.8 Å². The molecule has 3 aromatic rings. The van der Waals surface area contributed by atoms with Crippen molar-refractivity contribution >= 4 is 39.7 Å². The van der Waals surface area contributed by atoms with Crippen LogP contribution in [-0.4, -0.2) is 27.9 Å². The van der Waals surface area contributed by atoms with E-state index in [1.165, 1.54) is 18.3 Å². The van der Waals surface area contributed by atoms with Crippen molar-refractivity contribution in [1.82, 2.24) is 9.55 Å². The van der Waals surface area contributed by atoms with Crippen molar-refractivity contribution in [3.63, 3.8) is 0 Å². The molecular weight excluding hydrogens is 448 g/mol. The number of aromatic nitrogens is 2. The lowest BCUT2D eigenvalue weighted by Gasteiger charge is -2.25. The highest BCUT2D eigenvalue weighted by molar-refractivity contribution is 7.14. The lowest BCUT2D eigenvalue weighted by molar-refractivity contribution is -0.114. The van der Waals surface area contributed by atoms with Gasteiger partial charge in [0.2, 0.25) is 5.91 Å². The third-order valence-electron chi connectivity index (χ3n) is 5.87. The van der Waals surface area contributed by atoms with Crippen molar-refractivity contribution in [2.24, 2.45) is 5.92 Å². The molecule has 2 atom stereocenters. The van der Waals surface area contributed by atoms with Gasteiger partial charge in [-0.05, 0) is 55.2 Å². The second-order valence-electron chi connectivity index (χ2n) is 8.62. The summed E-state index contributed by atoms with van der Waals surface area (Å²) in [6.07, 6.45) is 4.36. The van der Waals surface area contributed by atoms with E-state index in [1.54, 1.807) is 6.07 Å². The smallest absolute Gasteiger partial charge is 0.274 e. The first kappa shape index (κ1) is 23.5. The van der Waals surface area contributed by atoms with Crippen LogP contribution < -0.4 is 15.5 Å². The number of hydrogen-bond acceptors (Lipinski definition) is 6. The standard InChI is InChI=1S/C25H28N6O2S/c1-17(11-12-26)15-30-13-3-6-23(30)24(33)29-25-28-21(16-34-25)22-5-4-14-31(22)20-9-7-19(8-10-20)27-18(2)32/h3,6-10,13,16-17,22H,4-5,11,14-15H2,1-2H3,(H,27,32)(H,28,29,33)/t17-,22+/m0/s1. The van der Waals surface area contributed by atoms with Crippen LogP contribution >= 0.6 is 11.3 Å². The molecule has 3 heterocycles. The maximum Gasteiger partial charge on any atom is 0.274 e. The SMILES string of the molecule is CC(=O)Nc1ccc(N2CCC[C@@H]2c2csc(NC(=O)c3cccn3C[C@@H](C)CC#N)n2)cc1. The molecule has 2 N–H and O–H groups in total. The fourth-order valence-electron chi connectivity index (χ4n) is 4.32. The number of carbonyl (C=O) groups excluding carboxylic acids is 2. The zero-order valence-corrected chi connectivity index (χ0v) is 20.1. The second-order valence-corrected chi connectivity index (χ2v) is 9.48. The van der Waals surface area contributed by atoms with Crippen molar-refractivity contribution in [2.45, 2.75) is 45.7 Å². The van der Waals surface area contributed by atoms with Gasteiger partial charge in [-0.25, -0.2) is 4.98 Å². The maximum atomic E-state index is 12.9. The van der Waals surface area contributed by atoms with Crippen molar-refractivity contribution in [3.8, 4) is 6.07 Å². The first-order valence-electron chi connectivity index (χ1n) is 11.4. The molecule has 2 aromatic heterocycles. The Kier molecular flexibility index (Phi) is 7.28. The van der Waals surface area contributed by atoms with Crippen molar-refractivity contribution in [2.75, 3.05) is 22.1 Å². The van der Waals surface area contributed by atoms with Gasteiger partial charge in [0.25, 0.3) is 5.91 Å². The number of carbonyl (C=O) groups is 2. The maximum absolute atomic E-state index is 12.9. The van der Waals surface area contributed by atoms with Crippen LogP contribution in [0, 0.1) is 17.2 Å². The molecule has 0 bridgehead atoms. The van der Waals surface area contributed by atoms with Gasteiger partial charge in [-0.3, -0.25) is 14.9 Å². The Labute approximate surface area is 203 Å². The number of nitrogens with one attached hydrogen (secondary N) is 2. The summed E-state index contributed by atoms with van der Waals surface area (Å²) in [6, 6.07) is 13.8. The number of anilines is 3. The molecular formula is C25H28N6O2S. The Bertz CT molecular complexity index is 1190. The molecule has 8 nitrogen and oxygen atoms in total. The van der Waals surface area contributed by atoms with Gasteiger partial charge >= 0.3 is 0 Å². The zero-order chi connectivity index (χ0) is 24.1. The molecule has 176 valence electrons. The highest BCUT2D eigenvalue weighted by Gasteiger charge is 2.28. The van der Waals surface area contributed by atoms with Crippen LogP contribution in [0.4, 0.5) is 16.5 Å². The molecule has 1 aliphatic heterocycles. The molecule has 0 radical (unpaired) electrons. The van der Waals surface area contributed by atoms with E-state index in [0.29, 0.717) is 23.8 Å². The summed E-state index contributed by atoms with van der Waals surface area (Å²) in [5.41, 5.74) is 3.36. The molecule has 2 amide bonds. The molecule has 9 heteroatoms. The lowest BCUT2D eigenvalue weighted by atomic mass is 10.1. The van der Waals surface area contributed by atoms with Crippen LogP contribution in [0.25, 0.3) is 0 Å². The molecule has 0 unspecified atom stereocenters. The molecule has 0 aliphatic carbocycles. The number of amides is 2. The van der Waals surface area contributed by atoms with Crippen LogP contribution in [0.15, 0.2) is 48.0 Å². The summed E-state index contributed by atoms with van der Waals surface area (Å²) in [4.78, 5) is 31.2. The Morgan fingerprint density at radius 3 is 2.79 bits per heavy atom. The van der Waals surface area contributed by atoms with E-state index in [2.05, 4.69) is 21.6 Å². The highest BCUT2D eigenvalue weighted by atomic mass is 32.1. The summed E-state index contributed by atoms with van der Waals surface area (Å²) in [5, 5.41) is 17.2. The van der Waals surface area contributed by atoms with Gasteiger partial charge in [-0.1, -0.05) is 6.92 Å². The number of benzene rings is 1. The monoisotopic (exact) mass is 476 g/mol. The molecule has 1 aromatic carbocycles. The molecule has 1 aliphatic rings. The van der Waals surface area contributed by atoms with E-state index < -0.39 is 0 Å². The Balaban J connectivity index is 1.43. The fourth-order valence-corrected chi connectivity index (χ4v) is 5.07. The summed E-state index contributed by atoms with van der Waals surface area (Å²) in [6.45, 7) is 5.04. The lowest BCUT2D eigenvalue weighted by Crippen LogP contribution is -2.23. The third kappa shape index (κ3) is 5.46. The number of rotatable bonds is 8. The van der Waals surface area contributed by atoms with E-state index in [0.717, 1.165) is 36.5 Å². The number of thiazole rings is 1. The van der Waals surface area contributed by atoms with Gasteiger partial charge in [-0.15, -0.1) is 11.3 Å². The first-order valence-corrected chi connectivity index (χ1v) is 12.3. The normalized spacial score (nSPS) is 16.1. The molecule has 1 saturated heterocycles. The molecule has 0 saturated carbocycles. The average molecular weight is 477 g/mol. The summed E-state index contributed by atoms with van der Waals surface area (Å²) < 4.78 is 1.88. The van der Waals surface area contributed by atoms with Gasteiger partial charge in [0.1, 0.15) is 5.69 Å². The van der Waals surface area contributed by atoms with Crippen LogP contribution in [0.5, 0.6) is 0 Å². The largest absolute Gasteiger partial charge is 0.363 e. The van der Waals surface area contributed by atoms with E-state index in [4.69, 9.17) is 10.2 Å². The summed E-state index contributed by atoms with van der Waals surface area (Å²) in [7, 11) is 0. The van der Waals surface area contributed by atoms with Gasteiger partial charge < -0.3 is 14.8 Å². The van der Waals surface area contributed by atoms with Crippen molar-refractivity contribution in [3.05, 3.63) is 59.4 Å². The average Bonchev–Trinajstić information content (AvgIpc) is 3.54. The Morgan fingerprint density at radius 2 is 2.06 bits per heavy atom. The topological polar surface area (TPSA) is 103 Å². The Hall–Kier alpha value is -3.64. The van der Waals surface area contributed by atoms with E-state index in [1.807, 2.05) is 53.4 Å². The molecule has 34 heavy (non-hydrogen) atoms. The molecule has 1 fully saturated rings. The van der Waals surface area contributed by atoms with Crippen LogP contribution in [-0.2, 0) is 11.3 Å². The highest BCUT2D eigenvalue weighted by Crippen LogP contribution is 2.37. The second kappa shape index (κ2) is 10.5. The number of hydrogen-bond donors (Lipinski definition) is 2. The quantitative estimate of drug-likeness (QED) is 0.474. The Morgan fingerprint density at radius 1 is 1.26 bits per heavy atom. The fraction of sp³-hybridized carbons (Fsp3) is 0.360. The molecule has 0 spiro atoms. The van der Waals surface area contributed by atoms with E-state index in [9.17, 15) is 9.59 Å². The minimum absolute atomic E-state index is 0.0900. The van der Waals surface area contributed by atoms with Crippen molar-refractivity contribution in [1.29, 1.82) is 5.26 Å². The number of nitrogens with zero attached hydrogens (tertiary/aromatic N) is 4. The van der Waals surface area contributed by atoms with Crippen LogP contribution in [0.2, 0.25) is 0 Å². The predicted octanol–water partition coefficient (Wildman–Crippen LogP) is 5.05. The van der Waals surface area contributed by atoms with E-state index >= 15 is 0 Å². The van der Waals surface area contributed by atoms with Gasteiger partial charge in [0.15, 0.2) is 5.13 Å². The third-order valence-corrected chi connectivity index (χ3v) is 6.64. The summed E-state index contributed by atoms with van der Waals surface area (Å²) >= 11 is 1.43. The summed E-state index contributed by atoms with van der Waals surface area (Å²) in [5.74, 6) is -0.129. The predicted molar refractivity (Wildman–Crippen MR) is 134 cm³/mol. The van der Waals surface area contributed by atoms with Crippen LogP contribution in [0.1, 0.15) is 55.3 Å². The van der Waals surface area contributed by atoms with Crippen LogP contribution in [0.3, 0.4) is 0 Å². The van der Waals surface area contributed by atoms with Gasteiger partial charge in [0, 0.05) is 49.4 Å². The number of nitriles is 1. The molecule has 4 rings (SSSR count). The minimum Gasteiger partial charge on any atom is -0.363 e. The first-order chi connectivity index (χ1) is 16.4. The van der Waals surface area contributed by atoms with Gasteiger partial charge in [0.05, 0.1) is 17.8 Å². The zero-order valence-electron chi connectivity index (χ0n) is 19.3. The minimum atomic E-state index is -0.202.